The molecule has 1 aliphatic heterocycles. The van der Waals surface area contributed by atoms with E-state index in [9.17, 15) is 24.4 Å². The molecule has 0 aromatic heterocycles. The molecule has 30 heavy (non-hydrogen) atoms. The molecule has 2 N–H and O–H groups in total. The summed E-state index contributed by atoms with van der Waals surface area (Å²) in [5.74, 6) is -0.859. The van der Waals surface area contributed by atoms with Crippen molar-refractivity contribution in [3.05, 3.63) is 63.5 Å². The highest BCUT2D eigenvalue weighted by Gasteiger charge is 2.21. The number of carbonyl (C=O) groups excluding carboxylic acids is 1. The van der Waals surface area contributed by atoms with E-state index in [2.05, 4.69) is 5.32 Å². The van der Waals surface area contributed by atoms with Crippen LogP contribution >= 0.6 is 0 Å². The second kappa shape index (κ2) is 9.08. The lowest BCUT2D eigenvalue weighted by Gasteiger charge is -2.31. The average molecular weight is 416 g/mol. The molecule has 9 heteroatoms. The Labute approximate surface area is 174 Å². The fourth-order valence-electron chi connectivity index (χ4n) is 3.50. The van der Waals surface area contributed by atoms with Gasteiger partial charge in [-0.3, -0.25) is 14.9 Å². The molecular formula is C21H25FN4O4. The molecule has 1 aliphatic rings. The van der Waals surface area contributed by atoms with Gasteiger partial charge in [0.1, 0.15) is 11.5 Å². The number of aliphatic hydroxyl groups excluding tert-OH is 1. The fourth-order valence-corrected chi connectivity index (χ4v) is 3.50. The highest BCUT2D eigenvalue weighted by Crippen LogP contribution is 2.28. The molecule has 0 atom stereocenters. The summed E-state index contributed by atoms with van der Waals surface area (Å²) < 4.78 is 14.5. The number of anilines is 2. The largest absolute Gasteiger partial charge is 0.393 e. The lowest BCUT2D eigenvalue weighted by atomic mass is 10.1. The van der Waals surface area contributed by atoms with Crippen molar-refractivity contribution in [1.82, 2.24) is 5.32 Å². The van der Waals surface area contributed by atoms with Crippen molar-refractivity contribution in [3.63, 3.8) is 0 Å². The topological polar surface area (TPSA) is 99.0 Å². The molecule has 1 fully saturated rings. The van der Waals surface area contributed by atoms with E-state index in [1.54, 1.807) is 31.1 Å². The molecule has 3 rings (SSSR count). The van der Waals surface area contributed by atoms with Crippen LogP contribution in [0.15, 0.2) is 36.4 Å². The van der Waals surface area contributed by atoms with Crippen molar-refractivity contribution >= 4 is 23.0 Å². The number of amides is 1. The van der Waals surface area contributed by atoms with E-state index < -0.39 is 10.8 Å². The molecule has 0 aliphatic carbocycles. The van der Waals surface area contributed by atoms with Crippen molar-refractivity contribution in [2.75, 3.05) is 37.0 Å². The number of nitro benzene ring substituents is 1. The van der Waals surface area contributed by atoms with Gasteiger partial charge >= 0.3 is 0 Å². The SMILES string of the molecule is CN(C)c1ccc(C(=O)NCc2ccc(N3CCC(O)CC3)c(F)c2)cc1[N+](=O)[O-]. The van der Waals surface area contributed by atoms with E-state index in [0.29, 0.717) is 42.9 Å². The van der Waals surface area contributed by atoms with E-state index >= 15 is 0 Å². The van der Waals surface area contributed by atoms with E-state index in [-0.39, 0.29) is 29.7 Å². The third-order valence-corrected chi connectivity index (χ3v) is 5.19. The van der Waals surface area contributed by atoms with Crippen LogP contribution in [0.1, 0.15) is 28.8 Å². The van der Waals surface area contributed by atoms with E-state index in [4.69, 9.17) is 0 Å². The molecule has 0 saturated carbocycles. The minimum absolute atomic E-state index is 0.0952. The second-order valence-electron chi connectivity index (χ2n) is 7.54. The first-order valence-corrected chi connectivity index (χ1v) is 9.71. The fraction of sp³-hybridized carbons (Fsp3) is 0.381. The molecule has 0 bridgehead atoms. The van der Waals surface area contributed by atoms with E-state index in [1.807, 2.05) is 4.90 Å². The molecule has 0 radical (unpaired) electrons. The van der Waals surface area contributed by atoms with Crippen molar-refractivity contribution in [3.8, 4) is 0 Å². The Hall–Kier alpha value is -3.20. The smallest absolute Gasteiger partial charge is 0.293 e. The zero-order chi connectivity index (χ0) is 21.8. The summed E-state index contributed by atoms with van der Waals surface area (Å²) in [6.45, 7) is 1.28. The molecule has 0 spiro atoms. The molecule has 0 unspecified atom stereocenters. The van der Waals surface area contributed by atoms with Crippen LogP contribution in [0.3, 0.4) is 0 Å². The summed E-state index contributed by atoms with van der Waals surface area (Å²) in [6.07, 6.45) is 0.882. The molecule has 160 valence electrons. The summed E-state index contributed by atoms with van der Waals surface area (Å²) >= 11 is 0. The Balaban J connectivity index is 1.67. The number of nitrogens with one attached hydrogen (secondary N) is 1. The van der Waals surface area contributed by atoms with Gasteiger partial charge in [0.25, 0.3) is 11.6 Å². The van der Waals surface area contributed by atoms with Crippen LogP contribution in [0.25, 0.3) is 0 Å². The number of nitro groups is 1. The second-order valence-corrected chi connectivity index (χ2v) is 7.54. The van der Waals surface area contributed by atoms with Crippen molar-refractivity contribution in [2.24, 2.45) is 0 Å². The quantitative estimate of drug-likeness (QED) is 0.555. The normalized spacial score (nSPS) is 14.5. The number of benzene rings is 2. The molecule has 2 aromatic carbocycles. The van der Waals surface area contributed by atoms with Crippen LogP contribution in [0, 0.1) is 15.9 Å². The van der Waals surface area contributed by atoms with Gasteiger partial charge in [-0.1, -0.05) is 6.07 Å². The maximum Gasteiger partial charge on any atom is 0.293 e. The monoisotopic (exact) mass is 416 g/mol. The van der Waals surface area contributed by atoms with Crippen molar-refractivity contribution in [1.29, 1.82) is 0 Å². The predicted octanol–water partition coefficient (Wildman–Crippen LogP) is 2.69. The zero-order valence-corrected chi connectivity index (χ0v) is 17.0. The lowest BCUT2D eigenvalue weighted by molar-refractivity contribution is -0.384. The van der Waals surface area contributed by atoms with Crippen LogP contribution < -0.4 is 15.1 Å². The first kappa shape index (κ1) is 21.5. The highest BCUT2D eigenvalue weighted by molar-refractivity contribution is 5.95. The number of rotatable bonds is 6. The highest BCUT2D eigenvalue weighted by atomic mass is 19.1. The minimum atomic E-state index is -0.528. The van der Waals surface area contributed by atoms with Crippen LogP contribution in [0.4, 0.5) is 21.5 Å². The van der Waals surface area contributed by atoms with Gasteiger partial charge in [0.15, 0.2) is 0 Å². The number of carbonyl (C=O) groups is 1. The first-order chi connectivity index (χ1) is 14.3. The Morgan fingerprint density at radius 2 is 1.97 bits per heavy atom. The third kappa shape index (κ3) is 4.85. The molecular weight excluding hydrogens is 391 g/mol. The van der Waals surface area contributed by atoms with Gasteiger partial charge in [0.05, 0.1) is 16.7 Å². The van der Waals surface area contributed by atoms with E-state index in [1.165, 1.54) is 24.3 Å². The molecule has 2 aromatic rings. The van der Waals surface area contributed by atoms with Gasteiger partial charge in [-0.25, -0.2) is 4.39 Å². The average Bonchev–Trinajstić information content (AvgIpc) is 2.72. The van der Waals surface area contributed by atoms with Crippen LogP contribution in [0.5, 0.6) is 0 Å². The third-order valence-electron chi connectivity index (χ3n) is 5.19. The van der Waals surface area contributed by atoms with Gasteiger partial charge in [0.2, 0.25) is 0 Å². The number of aliphatic hydroxyl groups is 1. The summed E-state index contributed by atoms with van der Waals surface area (Å²) in [7, 11) is 3.37. The first-order valence-electron chi connectivity index (χ1n) is 9.71. The van der Waals surface area contributed by atoms with Gasteiger partial charge in [-0.15, -0.1) is 0 Å². The van der Waals surface area contributed by atoms with Gasteiger partial charge in [-0.05, 0) is 42.7 Å². The number of piperidine rings is 1. The van der Waals surface area contributed by atoms with Crippen LogP contribution in [-0.4, -0.2) is 49.2 Å². The maximum atomic E-state index is 14.5. The Bertz CT molecular complexity index is 943. The number of nitrogens with zero attached hydrogens (tertiary/aromatic N) is 3. The lowest BCUT2D eigenvalue weighted by Crippen LogP contribution is -2.36. The number of halogens is 1. The van der Waals surface area contributed by atoms with Crippen LogP contribution in [0.2, 0.25) is 0 Å². The zero-order valence-electron chi connectivity index (χ0n) is 17.0. The Morgan fingerprint density at radius 1 is 1.27 bits per heavy atom. The number of hydrogen-bond acceptors (Lipinski definition) is 6. The Kier molecular flexibility index (Phi) is 6.51. The molecule has 8 nitrogen and oxygen atoms in total. The minimum Gasteiger partial charge on any atom is -0.393 e. The predicted molar refractivity (Wildman–Crippen MR) is 112 cm³/mol. The Morgan fingerprint density at radius 3 is 2.57 bits per heavy atom. The van der Waals surface area contributed by atoms with Crippen LogP contribution in [-0.2, 0) is 6.54 Å². The van der Waals surface area contributed by atoms with Gasteiger partial charge < -0.3 is 20.2 Å². The number of hydrogen-bond donors (Lipinski definition) is 2. The molecule has 1 heterocycles. The summed E-state index contributed by atoms with van der Waals surface area (Å²) in [6, 6.07) is 9.06. The van der Waals surface area contributed by atoms with Gasteiger partial charge in [-0.2, -0.15) is 0 Å². The van der Waals surface area contributed by atoms with Crippen molar-refractivity contribution < 1.29 is 19.2 Å². The molecule has 1 saturated heterocycles. The summed E-state index contributed by atoms with van der Waals surface area (Å²) in [5.41, 5.74) is 1.47. The summed E-state index contributed by atoms with van der Waals surface area (Å²) in [4.78, 5) is 26.7. The van der Waals surface area contributed by atoms with Gasteiger partial charge in [0, 0.05) is 45.4 Å². The standard InChI is InChI=1S/C21H25FN4O4/c1-24(2)19-6-4-15(12-20(19)26(29)30)21(28)23-13-14-3-5-18(17(22)11-14)25-9-7-16(27)8-10-25/h3-6,11-12,16,27H,7-10,13H2,1-2H3,(H,23,28). The molecule has 1 amide bonds. The van der Waals surface area contributed by atoms with Crippen molar-refractivity contribution in [2.45, 2.75) is 25.5 Å². The van der Waals surface area contributed by atoms with E-state index in [0.717, 1.165) is 0 Å². The maximum absolute atomic E-state index is 14.5. The summed E-state index contributed by atoms with van der Waals surface area (Å²) in [5, 5.41) is 23.6.